The summed E-state index contributed by atoms with van der Waals surface area (Å²) in [5.41, 5.74) is 1.34. The monoisotopic (exact) mass is 617 g/mol. The molecule has 0 saturated carbocycles. The van der Waals surface area contributed by atoms with Gasteiger partial charge in [-0.15, -0.1) is 0 Å². The van der Waals surface area contributed by atoms with Crippen LogP contribution in [0.25, 0.3) is 6.08 Å². The fourth-order valence-corrected chi connectivity index (χ4v) is 7.08. The van der Waals surface area contributed by atoms with Crippen LogP contribution >= 0.6 is 31.9 Å². The minimum absolute atomic E-state index is 0.00280. The number of benzene rings is 3. The zero-order valence-corrected chi connectivity index (χ0v) is 23.8. The Labute approximate surface area is 233 Å². The lowest BCUT2D eigenvalue weighted by Gasteiger charge is -2.38. The molecule has 3 aromatic carbocycles. The predicted octanol–water partition coefficient (Wildman–Crippen LogP) is 7.26. The second-order valence-corrected chi connectivity index (χ2v) is 12.9. The number of hydrogen-bond acceptors (Lipinski definition) is 4. The van der Waals surface area contributed by atoms with E-state index in [1.807, 2.05) is 75.4 Å². The van der Waals surface area contributed by atoms with Crippen molar-refractivity contribution in [3.8, 4) is 0 Å². The van der Waals surface area contributed by atoms with Gasteiger partial charge in [0.05, 0.1) is 12.1 Å². The Hall–Kier alpha value is -2.83. The van der Waals surface area contributed by atoms with Crippen molar-refractivity contribution in [1.29, 1.82) is 0 Å². The molecule has 6 rings (SSSR count). The number of rotatable bonds is 2. The number of halogens is 2. The summed E-state index contributed by atoms with van der Waals surface area (Å²) in [6.45, 7) is 5.72. The number of Topliss-reactive ketones (excluding diaryl/α,β-unsaturated/α-hetero) is 3. The molecule has 2 aliphatic heterocycles. The highest BCUT2D eigenvalue weighted by Gasteiger charge is 2.71. The maximum Gasteiger partial charge on any atom is 0.180 e. The molecular formula is C31H25Br2NO3. The van der Waals surface area contributed by atoms with Crippen LogP contribution in [-0.4, -0.2) is 29.4 Å². The van der Waals surface area contributed by atoms with Crippen molar-refractivity contribution >= 4 is 61.0 Å². The normalized spacial score (nSPS) is 23.3. The highest BCUT2D eigenvalue weighted by atomic mass is 79.9. The maximum atomic E-state index is 14.5. The first-order valence-electron chi connectivity index (χ1n) is 12.3. The lowest BCUT2D eigenvalue weighted by molar-refractivity contribution is -0.127. The fourth-order valence-electron chi connectivity index (χ4n) is 6.43. The van der Waals surface area contributed by atoms with Crippen LogP contribution in [0.4, 0.5) is 5.69 Å². The zero-order valence-electron chi connectivity index (χ0n) is 20.7. The minimum Gasteiger partial charge on any atom is -0.352 e. The second kappa shape index (κ2) is 8.34. The number of carbonyl (C=O) groups excluding carboxylic acids is 3. The molecule has 6 heteroatoms. The summed E-state index contributed by atoms with van der Waals surface area (Å²) in [7, 11) is 0. The van der Waals surface area contributed by atoms with E-state index in [0.717, 1.165) is 25.8 Å². The number of hydrogen-bond donors (Lipinski definition) is 0. The Bertz CT molecular complexity index is 1480. The van der Waals surface area contributed by atoms with Crippen LogP contribution in [0.5, 0.6) is 0 Å². The molecule has 37 heavy (non-hydrogen) atoms. The van der Waals surface area contributed by atoms with Gasteiger partial charge in [0, 0.05) is 37.1 Å². The molecule has 1 saturated heterocycles. The van der Waals surface area contributed by atoms with E-state index in [4.69, 9.17) is 0 Å². The molecule has 0 radical (unpaired) electrons. The van der Waals surface area contributed by atoms with Crippen molar-refractivity contribution in [2.75, 3.05) is 4.90 Å². The van der Waals surface area contributed by atoms with Crippen LogP contribution in [0.1, 0.15) is 58.5 Å². The highest BCUT2D eigenvalue weighted by Crippen LogP contribution is 2.61. The van der Waals surface area contributed by atoms with Crippen LogP contribution in [0.2, 0.25) is 0 Å². The van der Waals surface area contributed by atoms with Gasteiger partial charge in [-0.3, -0.25) is 14.4 Å². The second-order valence-electron chi connectivity index (χ2n) is 11.1. The average molecular weight is 619 g/mol. The molecule has 4 nitrogen and oxygen atoms in total. The Balaban J connectivity index is 1.70. The van der Waals surface area contributed by atoms with Gasteiger partial charge in [0.15, 0.2) is 17.3 Å². The molecule has 0 unspecified atom stereocenters. The predicted molar refractivity (Wildman–Crippen MR) is 152 cm³/mol. The molecule has 3 aliphatic rings. The standard InChI is InChI=1S/C31H25Br2NO3/c1-30(2,3)29(37)26-25(17-8-11-19(32)12-9-17)31(27(35)21-6-4-5-7-22(21)28(31)36)24-15-10-18-16-20(33)13-14-23(18)34(24)26/h4-16,24-26H,1-3H3/t24-,25+,26-/m0/s1. The lowest BCUT2D eigenvalue weighted by Crippen LogP contribution is -2.49. The van der Waals surface area contributed by atoms with Crippen LogP contribution in [0.3, 0.4) is 0 Å². The van der Waals surface area contributed by atoms with Crippen LogP contribution < -0.4 is 4.90 Å². The van der Waals surface area contributed by atoms with Crippen molar-refractivity contribution in [3.63, 3.8) is 0 Å². The Morgan fingerprint density at radius 3 is 2.05 bits per heavy atom. The molecule has 186 valence electrons. The molecule has 1 aliphatic carbocycles. The van der Waals surface area contributed by atoms with Crippen LogP contribution in [0, 0.1) is 10.8 Å². The average Bonchev–Trinajstić information content (AvgIpc) is 3.29. The summed E-state index contributed by atoms with van der Waals surface area (Å²) < 4.78 is 1.81. The fraction of sp³-hybridized carbons (Fsp3) is 0.258. The third kappa shape index (κ3) is 3.34. The molecule has 2 heterocycles. The molecule has 1 spiro atoms. The van der Waals surface area contributed by atoms with Gasteiger partial charge >= 0.3 is 0 Å². The maximum absolute atomic E-state index is 14.5. The van der Waals surface area contributed by atoms with Gasteiger partial charge in [-0.2, -0.15) is 0 Å². The molecule has 0 bridgehead atoms. The van der Waals surface area contributed by atoms with Crippen molar-refractivity contribution in [1.82, 2.24) is 0 Å². The molecule has 3 atom stereocenters. The summed E-state index contributed by atoms with van der Waals surface area (Å²) >= 11 is 7.07. The van der Waals surface area contributed by atoms with Gasteiger partial charge < -0.3 is 4.90 Å². The Morgan fingerprint density at radius 1 is 0.865 bits per heavy atom. The first kappa shape index (κ1) is 24.5. The minimum atomic E-state index is -1.45. The van der Waals surface area contributed by atoms with Crippen molar-refractivity contribution < 1.29 is 14.4 Å². The van der Waals surface area contributed by atoms with Gasteiger partial charge in [0.2, 0.25) is 0 Å². The lowest BCUT2D eigenvalue weighted by atomic mass is 9.63. The summed E-state index contributed by atoms with van der Waals surface area (Å²) in [4.78, 5) is 45.5. The summed E-state index contributed by atoms with van der Waals surface area (Å²) in [6.07, 6.45) is 3.94. The Kier molecular flexibility index (Phi) is 5.52. The van der Waals surface area contributed by atoms with Gasteiger partial charge in [-0.1, -0.05) is 101 Å². The number of fused-ring (bicyclic) bond motifs is 5. The van der Waals surface area contributed by atoms with E-state index in [9.17, 15) is 14.4 Å². The van der Waals surface area contributed by atoms with Gasteiger partial charge in [0.25, 0.3) is 0 Å². The third-order valence-electron chi connectivity index (χ3n) is 8.00. The smallest absolute Gasteiger partial charge is 0.180 e. The summed E-state index contributed by atoms with van der Waals surface area (Å²) in [5, 5.41) is 0. The van der Waals surface area contributed by atoms with E-state index in [0.29, 0.717) is 11.1 Å². The highest BCUT2D eigenvalue weighted by molar-refractivity contribution is 9.10. The topological polar surface area (TPSA) is 54.5 Å². The number of nitrogens with zero attached hydrogens (tertiary/aromatic N) is 1. The molecule has 0 aromatic heterocycles. The molecule has 1 fully saturated rings. The van der Waals surface area contributed by atoms with Gasteiger partial charge in [0.1, 0.15) is 5.41 Å². The number of ketones is 3. The van der Waals surface area contributed by atoms with Crippen LogP contribution in [-0.2, 0) is 4.79 Å². The van der Waals surface area contributed by atoms with E-state index in [1.165, 1.54) is 0 Å². The largest absolute Gasteiger partial charge is 0.352 e. The van der Waals surface area contributed by atoms with E-state index < -0.39 is 28.8 Å². The zero-order chi connectivity index (χ0) is 26.3. The van der Waals surface area contributed by atoms with E-state index in [1.54, 1.807) is 24.3 Å². The van der Waals surface area contributed by atoms with Crippen molar-refractivity contribution in [2.45, 2.75) is 38.8 Å². The summed E-state index contributed by atoms with van der Waals surface area (Å²) in [5.74, 6) is -1.07. The van der Waals surface area contributed by atoms with Crippen molar-refractivity contribution in [3.05, 3.63) is 104 Å². The van der Waals surface area contributed by atoms with Gasteiger partial charge in [-0.05, 0) is 41.5 Å². The van der Waals surface area contributed by atoms with E-state index in [2.05, 4.69) is 36.8 Å². The summed E-state index contributed by atoms with van der Waals surface area (Å²) in [6, 6.07) is 19.4. The first-order chi connectivity index (χ1) is 17.6. The van der Waals surface area contributed by atoms with Crippen molar-refractivity contribution in [2.24, 2.45) is 10.8 Å². The third-order valence-corrected chi connectivity index (χ3v) is 9.02. The quantitative estimate of drug-likeness (QED) is 0.284. The molecule has 0 N–H and O–H groups in total. The van der Waals surface area contributed by atoms with E-state index >= 15 is 0 Å². The Morgan fingerprint density at radius 2 is 1.46 bits per heavy atom. The number of anilines is 1. The molecular weight excluding hydrogens is 594 g/mol. The molecule has 0 amide bonds. The SMILES string of the molecule is CC(C)(C)C(=O)[C@@H]1[C@@H](c2ccc(Br)cc2)C2(C(=O)c3ccccc3C2=O)[C@@H]2C=Cc3cc(Br)ccc3N12. The van der Waals surface area contributed by atoms with Gasteiger partial charge in [-0.25, -0.2) is 0 Å². The first-order valence-corrected chi connectivity index (χ1v) is 13.9. The molecule has 3 aromatic rings. The van der Waals surface area contributed by atoms with E-state index in [-0.39, 0.29) is 17.3 Å². The number of carbonyl (C=O) groups is 3. The van der Waals surface area contributed by atoms with Crippen LogP contribution in [0.15, 0.2) is 81.8 Å².